The van der Waals surface area contributed by atoms with Gasteiger partial charge in [-0.1, -0.05) is 11.6 Å². The minimum Gasteiger partial charge on any atom is -0.480 e. The van der Waals surface area contributed by atoms with Crippen LogP contribution in [0, 0.1) is 13.8 Å². The fourth-order valence-electron chi connectivity index (χ4n) is 2.10. The summed E-state index contributed by atoms with van der Waals surface area (Å²) in [6.45, 7) is 3.32. The van der Waals surface area contributed by atoms with Crippen molar-refractivity contribution >= 4 is 38.9 Å². The van der Waals surface area contributed by atoms with Gasteiger partial charge in [0.1, 0.15) is 10.3 Å². The summed E-state index contributed by atoms with van der Waals surface area (Å²) in [6.07, 6.45) is 0. The van der Waals surface area contributed by atoms with Crippen LogP contribution in [0.3, 0.4) is 0 Å². The molecule has 0 saturated carbocycles. The van der Waals surface area contributed by atoms with Crippen LogP contribution in [0.15, 0.2) is 16.3 Å². The van der Waals surface area contributed by atoms with Crippen LogP contribution in [0.1, 0.15) is 23.0 Å². The fourth-order valence-corrected chi connectivity index (χ4v) is 4.75. The van der Waals surface area contributed by atoms with Gasteiger partial charge in [-0.3, -0.25) is 9.48 Å². The first-order valence-corrected chi connectivity index (χ1v) is 8.82. The lowest BCUT2D eigenvalue weighted by Gasteiger charge is -2.15. The molecule has 0 bridgehead atoms. The standard InChI is InChI=1S/C12H14ClN3O4S2/c1-6-10(7(2)16(3)14-6)11(12(17)18)15-22(19,20)9-5-4-8(13)21-9/h4-5,11,15H,1-3H3,(H,17,18). The Morgan fingerprint density at radius 2 is 2.09 bits per heavy atom. The Kier molecular flexibility index (Phi) is 4.62. The highest BCUT2D eigenvalue weighted by Gasteiger charge is 2.32. The number of aromatic nitrogens is 2. The summed E-state index contributed by atoms with van der Waals surface area (Å²) in [5, 5.41) is 13.5. The smallest absolute Gasteiger partial charge is 0.326 e. The number of carbonyl (C=O) groups is 1. The third-order valence-electron chi connectivity index (χ3n) is 3.19. The normalized spacial score (nSPS) is 13.3. The highest BCUT2D eigenvalue weighted by Crippen LogP contribution is 2.28. The van der Waals surface area contributed by atoms with Crippen LogP contribution in [0.25, 0.3) is 0 Å². The summed E-state index contributed by atoms with van der Waals surface area (Å²) in [5.74, 6) is -1.30. The molecule has 7 nitrogen and oxygen atoms in total. The Hall–Kier alpha value is -1.42. The number of thiophene rings is 1. The molecule has 2 heterocycles. The lowest BCUT2D eigenvalue weighted by atomic mass is 10.1. The van der Waals surface area contributed by atoms with E-state index in [2.05, 4.69) is 9.82 Å². The lowest BCUT2D eigenvalue weighted by molar-refractivity contribution is -0.139. The SMILES string of the molecule is Cc1nn(C)c(C)c1C(NS(=O)(=O)c1ccc(Cl)s1)C(=O)O. The van der Waals surface area contributed by atoms with Crippen LogP contribution in [-0.2, 0) is 21.9 Å². The highest BCUT2D eigenvalue weighted by atomic mass is 35.5. The molecule has 1 atom stereocenters. The molecule has 2 rings (SSSR count). The summed E-state index contributed by atoms with van der Waals surface area (Å²) in [6, 6.07) is 1.36. The largest absolute Gasteiger partial charge is 0.480 e. The molecule has 0 aromatic carbocycles. The van der Waals surface area contributed by atoms with E-state index in [1.807, 2.05) is 0 Å². The van der Waals surface area contributed by atoms with Crippen LogP contribution >= 0.6 is 22.9 Å². The van der Waals surface area contributed by atoms with E-state index in [0.29, 0.717) is 21.3 Å². The van der Waals surface area contributed by atoms with E-state index in [-0.39, 0.29) is 4.21 Å². The van der Waals surface area contributed by atoms with Crippen molar-refractivity contribution < 1.29 is 18.3 Å². The van der Waals surface area contributed by atoms with E-state index >= 15 is 0 Å². The van der Waals surface area contributed by atoms with Crippen molar-refractivity contribution in [3.05, 3.63) is 33.4 Å². The summed E-state index contributed by atoms with van der Waals surface area (Å²) < 4.78 is 28.6. The molecule has 0 radical (unpaired) electrons. The molecule has 0 aliphatic heterocycles. The lowest BCUT2D eigenvalue weighted by Crippen LogP contribution is -2.34. The first-order chi connectivity index (χ1) is 10.1. The van der Waals surface area contributed by atoms with E-state index in [9.17, 15) is 18.3 Å². The van der Waals surface area contributed by atoms with Gasteiger partial charge >= 0.3 is 5.97 Å². The number of aryl methyl sites for hydroxylation is 2. The predicted octanol–water partition coefficient (Wildman–Crippen LogP) is 1.86. The fraction of sp³-hybridized carbons (Fsp3) is 0.333. The van der Waals surface area contributed by atoms with Gasteiger partial charge in [-0.05, 0) is 26.0 Å². The minimum atomic E-state index is -3.99. The van der Waals surface area contributed by atoms with Crippen molar-refractivity contribution in [1.82, 2.24) is 14.5 Å². The molecule has 0 aliphatic carbocycles. The topological polar surface area (TPSA) is 101 Å². The Morgan fingerprint density at radius 3 is 2.50 bits per heavy atom. The van der Waals surface area contributed by atoms with Gasteiger partial charge in [0.2, 0.25) is 0 Å². The molecule has 0 spiro atoms. The van der Waals surface area contributed by atoms with Crippen molar-refractivity contribution in [3.63, 3.8) is 0 Å². The summed E-state index contributed by atoms with van der Waals surface area (Å²) in [4.78, 5) is 11.5. The second kappa shape index (κ2) is 5.99. The van der Waals surface area contributed by atoms with Gasteiger partial charge in [0, 0.05) is 18.3 Å². The highest BCUT2D eigenvalue weighted by molar-refractivity contribution is 7.91. The average Bonchev–Trinajstić information content (AvgIpc) is 2.93. The summed E-state index contributed by atoms with van der Waals surface area (Å²) in [7, 11) is -2.32. The second-order valence-electron chi connectivity index (χ2n) is 4.66. The van der Waals surface area contributed by atoms with Crippen molar-refractivity contribution in [2.75, 3.05) is 0 Å². The Labute approximate surface area is 136 Å². The summed E-state index contributed by atoms with van der Waals surface area (Å²) in [5.41, 5.74) is 1.37. The van der Waals surface area contributed by atoms with E-state index in [0.717, 1.165) is 11.3 Å². The maximum Gasteiger partial charge on any atom is 0.326 e. The number of hydrogen-bond donors (Lipinski definition) is 2. The van der Waals surface area contributed by atoms with E-state index in [1.165, 1.54) is 16.8 Å². The van der Waals surface area contributed by atoms with Gasteiger partial charge in [0.05, 0.1) is 10.0 Å². The number of aliphatic carboxylic acids is 1. The Balaban J connectivity index is 2.44. The third-order valence-corrected chi connectivity index (χ3v) is 6.33. The van der Waals surface area contributed by atoms with Gasteiger partial charge in [0.15, 0.2) is 0 Å². The zero-order valence-corrected chi connectivity index (χ0v) is 14.4. The minimum absolute atomic E-state index is 0.0389. The molecule has 0 saturated heterocycles. The molecular formula is C12H14ClN3O4S2. The number of halogens is 1. The average molecular weight is 364 g/mol. The number of hydrogen-bond acceptors (Lipinski definition) is 5. The Morgan fingerprint density at radius 1 is 1.45 bits per heavy atom. The number of nitrogens with one attached hydrogen (secondary N) is 1. The molecule has 2 aromatic heterocycles. The number of nitrogens with zero attached hydrogens (tertiary/aromatic N) is 2. The molecule has 1 unspecified atom stereocenters. The van der Waals surface area contributed by atoms with Crippen molar-refractivity contribution in [2.24, 2.45) is 7.05 Å². The first-order valence-electron chi connectivity index (χ1n) is 6.14. The maximum atomic E-state index is 12.3. The van der Waals surface area contributed by atoms with E-state index in [4.69, 9.17) is 11.6 Å². The third kappa shape index (κ3) is 3.17. The molecule has 10 heteroatoms. The monoisotopic (exact) mass is 363 g/mol. The van der Waals surface area contributed by atoms with Crippen LogP contribution < -0.4 is 4.72 Å². The second-order valence-corrected chi connectivity index (χ2v) is 8.32. The zero-order valence-electron chi connectivity index (χ0n) is 12.0. The summed E-state index contributed by atoms with van der Waals surface area (Å²) >= 11 is 6.59. The molecule has 2 N–H and O–H groups in total. The van der Waals surface area contributed by atoms with Crippen LogP contribution in [0.4, 0.5) is 0 Å². The molecule has 120 valence electrons. The van der Waals surface area contributed by atoms with Crippen LogP contribution in [0.5, 0.6) is 0 Å². The number of carboxylic acid groups (broad SMARTS) is 1. The van der Waals surface area contributed by atoms with Gasteiger partial charge in [-0.15, -0.1) is 11.3 Å². The zero-order chi connectivity index (χ0) is 16.7. The Bertz CT molecular complexity index is 826. The quantitative estimate of drug-likeness (QED) is 0.844. The van der Waals surface area contributed by atoms with E-state index < -0.39 is 22.0 Å². The van der Waals surface area contributed by atoms with Gasteiger partial charge < -0.3 is 5.11 Å². The maximum absolute atomic E-state index is 12.3. The van der Waals surface area contributed by atoms with Gasteiger partial charge in [-0.25, -0.2) is 8.42 Å². The number of sulfonamides is 1. The van der Waals surface area contributed by atoms with Crippen molar-refractivity contribution in [2.45, 2.75) is 24.1 Å². The molecule has 2 aromatic rings. The van der Waals surface area contributed by atoms with E-state index in [1.54, 1.807) is 20.9 Å². The molecule has 0 aliphatic rings. The van der Waals surface area contributed by atoms with Gasteiger partial charge in [0.25, 0.3) is 10.0 Å². The number of rotatable bonds is 5. The predicted molar refractivity (Wildman–Crippen MR) is 82.7 cm³/mol. The van der Waals surface area contributed by atoms with Crippen molar-refractivity contribution in [1.29, 1.82) is 0 Å². The molecule has 0 amide bonds. The van der Waals surface area contributed by atoms with Crippen molar-refractivity contribution in [3.8, 4) is 0 Å². The van der Waals surface area contributed by atoms with Crippen LogP contribution in [-0.4, -0.2) is 29.3 Å². The molecular weight excluding hydrogens is 350 g/mol. The van der Waals surface area contributed by atoms with Crippen LogP contribution in [0.2, 0.25) is 4.34 Å². The number of carboxylic acids is 1. The molecule has 22 heavy (non-hydrogen) atoms. The van der Waals surface area contributed by atoms with Gasteiger partial charge in [-0.2, -0.15) is 9.82 Å². The first kappa shape index (κ1) is 16.9. The molecule has 0 fully saturated rings.